The van der Waals surface area contributed by atoms with E-state index in [-0.39, 0.29) is 5.91 Å². The Kier molecular flexibility index (Phi) is 6.48. The number of carbonyl (C=O) groups is 1. The van der Waals surface area contributed by atoms with Gasteiger partial charge in [0.1, 0.15) is 12.4 Å². The molecular weight excluding hydrogens is 310 g/mol. The van der Waals surface area contributed by atoms with Gasteiger partial charge in [0.2, 0.25) is 5.91 Å². The predicted octanol–water partition coefficient (Wildman–Crippen LogP) is 4.08. The largest absolute Gasteiger partial charge is 0.491 e. The molecule has 0 unspecified atom stereocenters. The van der Waals surface area contributed by atoms with Crippen LogP contribution in [0.3, 0.4) is 0 Å². The fourth-order valence-corrected chi connectivity index (χ4v) is 2.36. The van der Waals surface area contributed by atoms with E-state index >= 15 is 0 Å². The van der Waals surface area contributed by atoms with Gasteiger partial charge in [0, 0.05) is 11.4 Å². The molecule has 0 aromatic heterocycles. The second-order valence-corrected chi connectivity index (χ2v) is 5.96. The fourth-order valence-electron chi connectivity index (χ4n) is 2.23. The molecule has 2 aromatic carbocycles. The van der Waals surface area contributed by atoms with Crippen molar-refractivity contribution in [3.8, 4) is 5.75 Å². The Hall–Kier alpha value is -2.00. The van der Waals surface area contributed by atoms with Crippen molar-refractivity contribution in [3.05, 3.63) is 64.2 Å². The maximum Gasteiger partial charge on any atom is 0.220 e. The summed E-state index contributed by atoms with van der Waals surface area (Å²) in [6, 6.07) is 13.5. The first-order chi connectivity index (χ1) is 11.1. The van der Waals surface area contributed by atoms with E-state index in [0.29, 0.717) is 31.0 Å². The van der Waals surface area contributed by atoms with Gasteiger partial charge in [-0.3, -0.25) is 4.79 Å². The molecule has 0 aliphatic carbocycles. The molecule has 2 aromatic rings. The van der Waals surface area contributed by atoms with Gasteiger partial charge in [-0.1, -0.05) is 35.9 Å². The maximum atomic E-state index is 11.8. The molecule has 23 heavy (non-hydrogen) atoms. The van der Waals surface area contributed by atoms with E-state index in [0.717, 1.165) is 16.9 Å². The minimum Gasteiger partial charge on any atom is -0.491 e. The third-order valence-corrected chi connectivity index (χ3v) is 4.04. The highest BCUT2D eigenvalue weighted by molar-refractivity contribution is 6.30. The molecule has 122 valence electrons. The van der Waals surface area contributed by atoms with Crippen LogP contribution in [0, 0.1) is 13.8 Å². The molecule has 0 aliphatic rings. The molecule has 1 N–H and O–H groups in total. The van der Waals surface area contributed by atoms with E-state index in [9.17, 15) is 4.79 Å². The highest BCUT2D eigenvalue weighted by atomic mass is 35.5. The Labute approximate surface area is 142 Å². The lowest BCUT2D eigenvalue weighted by molar-refractivity contribution is -0.121. The highest BCUT2D eigenvalue weighted by Crippen LogP contribution is 2.20. The summed E-state index contributed by atoms with van der Waals surface area (Å²) in [5.74, 6) is 0.907. The van der Waals surface area contributed by atoms with Crippen LogP contribution in [0.5, 0.6) is 5.75 Å². The van der Waals surface area contributed by atoms with Gasteiger partial charge < -0.3 is 10.1 Å². The molecule has 0 saturated heterocycles. The predicted molar refractivity (Wildman–Crippen MR) is 94.2 cm³/mol. The smallest absolute Gasteiger partial charge is 0.220 e. The van der Waals surface area contributed by atoms with Crippen LogP contribution in [0.15, 0.2) is 42.5 Å². The molecular formula is C19H22ClNO2. The van der Waals surface area contributed by atoms with E-state index in [4.69, 9.17) is 16.3 Å². The van der Waals surface area contributed by atoms with Crippen molar-refractivity contribution in [1.82, 2.24) is 5.32 Å². The van der Waals surface area contributed by atoms with Crippen LogP contribution >= 0.6 is 11.6 Å². The molecule has 3 nitrogen and oxygen atoms in total. The molecule has 0 atom stereocenters. The van der Waals surface area contributed by atoms with Crippen LogP contribution in [0.25, 0.3) is 0 Å². The first-order valence-electron chi connectivity index (χ1n) is 7.76. The minimum absolute atomic E-state index is 0.0320. The van der Waals surface area contributed by atoms with Crippen LogP contribution in [0.2, 0.25) is 5.02 Å². The summed E-state index contributed by atoms with van der Waals surface area (Å²) < 4.78 is 5.71. The average Bonchev–Trinajstić information content (AvgIpc) is 2.55. The number of benzene rings is 2. The Morgan fingerprint density at radius 2 is 1.87 bits per heavy atom. The van der Waals surface area contributed by atoms with Crippen LogP contribution in [0.4, 0.5) is 0 Å². The molecule has 1 amide bonds. The second-order valence-electron chi connectivity index (χ2n) is 5.52. The van der Waals surface area contributed by atoms with Gasteiger partial charge in [-0.2, -0.15) is 0 Å². The monoisotopic (exact) mass is 331 g/mol. The van der Waals surface area contributed by atoms with Crippen molar-refractivity contribution in [3.63, 3.8) is 0 Å². The Balaban J connectivity index is 1.67. The van der Waals surface area contributed by atoms with Gasteiger partial charge in [-0.15, -0.1) is 0 Å². The van der Waals surface area contributed by atoms with Gasteiger partial charge in [-0.25, -0.2) is 0 Å². The van der Waals surface area contributed by atoms with Gasteiger partial charge in [0.05, 0.1) is 6.54 Å². The van der Waals surface area contributed by atoms with Gasteiger partial charge in [0.25, 0.3) is 0 Å². The van der Waals surface area contributed by atoms with Crippen molar-refractivity contribution in [2.45, 2.75) is 26.7 Å². The van der Waals surface area contributed by atoms with Gasteiger partial charge in [0.15, 0.2) is 0 Å². The van der Waals surface area contributed by atoms with E-state index in [1.54, 1.807) is 0 Å². The first-order valence-corrected chi connectivity index (χ1v) is 8.14. The summed E-state index contributed by atoms with van der Waals surface area (Å²) in [4.78, 5) is 11.8. The number of amides is 1. The van der Waals surface area contributed by atoms with Gasteiger partial charge >= 0.3 is 0 Å². The molecule has 0 bridgehead atoms. The van der Waals surface area contributed by atoms with E-state index < -0.39 is 0 Å². The van der Waals surface area contributed by atoms with Crippen LogP contribution in [-0.2, 0) is 11.2 Å². The second kappa shape index (κ2) is 8.59. The molecule has 0 fully saturated rings. The topological polar surface area (TPSA) is 38.3 Å². The standard InChI is InChI=1S/C19H22ClNO2/c1-14-4-3-5-18(15(14)2)23-13-12-21-19(22)11-8-16-6-9-17(20)10-7-16/h3-7,9-10H,8,11-13H2,1-2H3,(H,21,22). The number of carbonyl (C=O) groups excluding carboxylic acids is 1. The lowest BCUT2D eigenvalue weighted by Crippen LogP contribution is -2.28. The van der Waals surface area contributed by atoms with E-state index in [2.05, 4.69) is 18.3 Å². The highest BCUT2D eigenvalue weighted by Gasteiger charge is 2.04. The third kappa shape index (κ3) is 5.61. The Bertz CT molecular complexity index is 653. The summed E-state index contributed by atoms with van der Waals surface area (Å²) in [7, 11) is 0. The summed E-state index contributed by atoms with van der Waals surface area (Å²) in [5.41, 5.74) is 3.45. The lowest BCUT2D eigenvalue weighted by Gasteiger charge is -2.11. The fraction of sp³-hybridized carbons (Fsp3) is 0.316. The SMILES string of the molecule is Cc1cccc(OCCNC(=O)CCc2ccc(Cl)cc2)c1C. The van der Waals surface area contributed by atoms with Crippen molar-refractivity contribution in [2.75, 3.05) is 13.2 Å². The molecule has 0 spiro atoms. The zero-order chi connectivity index (χ0) is 16.7. The van der Waals surface area contributed by atoms with Crippen molar-refractivity contribution < 1.29 is 9.53 Å². The Morgan fingerprint density at radius 3 is 2.61 bits per heavy atom. The maximum absolute atomic E-state index is 11.8. The number of nitrogens with one attached hydrogen (secondary N) is 1. The summed E-state index contributed by atoms with van der Waals surface area (Å²) in [6.45, 7) is 5.07. The molecule has 0 aliphatic heterocycles. The number of rotatable bonds is 7. The third-order valence-electron chi connectivity index (χ3n) is 3.79. The number of halogens is 1. The van der Waals surface area contributed by atoms with E-state index in [1.807, 2.05) is 43.3 Å². The van der Waals surface area contributed by atoms with E-state index in [1.165, 1.54) is 5.56 Å². The molecule has 0 heterocycles. The molecule has 0 saturated carbocycles. The summed E-state index contributed by atoms with van der Waals surface area (Å²) >= 11 is 5.84. The van der Waals surface area contributed by atoms with Crippen LogP contribution in [0.1, 0.15) is 23.1 Å². The quantitative estimate of drug-likeness (QED) is 0.776. The molecule has 0 radical (unpaired) electrons. The summed E-state index contributed by atoms with van der Waals surface area (Å²) in [5, 5.41) is 3.59. The first kappa shape index (κ1) is 17.4. The Morgan fingerprint density at radius 1 is 1.13 bits per heavy atom. The lowest BCUT2D eigenvalue weighted by atomic mass is 10.1. The zero-order valence-electron chi connectivity index (χ0n) is 13.6. The molecule has 4 heteroatoms. The van der Waals surface area contributed by atoms with Crippen LogP contribution < -0.4 is 10.1 Å². The van der Waals surface area contributed by atoms with Crippen LogP contribution in [-0.4, -0.2) is 19.1 Å². The van der Waals surface area contributed by atoms with Crippen molar-refractivity contribution in [1.29, 1.82) is 0 Å². The average molecular weight is 332 g/mol. The summed E-state index contributed by atoms with van der Waals surface area (Å²) in [6.07, 6.45) is 1.17. The zero-order valence-corrected chi connectivity index (χ0v) is 14.3. The van der Waals surface area contributed by atoms with Crippen molar-refractivity contribution in [2.24, 2.45) is 0 Å². The normalized spacial score (nSPS) is 10.4. The number of aryl methyl sites for hydroxylation is 2. The van der Waals surface area contributed by atoms with Gasteiger partial charge in [-0.05, 0) is 55.2 Å². The number of hydrogen-bond acceptors (Lipinski definition) is 2. The number of ether oxygens (including phenoxy) is 1. The van der Waals surface area contributed by atoms with Crippen molar-refractivity contribution >= 4 is 17.5 Å². The minimum atomic E-state index is 0.0320. The number of hydrogen-bond donors (Lipinski definition) is 1. The molecule has 2 rings (SSSR count).